The summed E-state index contributed by atoms with van der Waals surface area (Å²) in [5.74, 6) is -0.500. The highest BCUT2D eigenvalue weighted by molar-refractivity contribution is 9.10. The zero-order valence-corrected chi connectivity index (χ0v) is 13.1. The summed E-state index contributed by atoms with van der Waals surface area (Å²) in [6.07, 6.45) is -0.763. The Morgan fingerprint density at radius 1 is 1.52 bits per heavy atom. The van der Waals surface area contributed by atoms with Crippen molar-refractivity contribution in [1.82, 2.24) is 4.90 Å². The van der Waals surface area contributed by atoms with E-state index in [-0.39, 0.29) is 25.5 Å². The van der Waals surface area contributed by atoms with Crippen LogP contribution in [0.4, 0.5) is 0 Å². The maximum Gasteiger partial charge on any atom is 0.334 e. The summed E-state index contributed by atoms with van der Waals surface area (Å²) in [6.45, 7) is 0.724. The van der Waals surface area contributed by atoms with Gasteiger partial charge in [0.2, 0.25) is 5.91 Å². The molecule has 0 radical (unpaired) electrons. The molecule has 0 aromatic heterocycles. The van der Waals surface area contributed by atoms with Crippen LogP contribution in [0.25, 0.3) is 0 Å². The molecule has 2 rings (SSSR count). The molecule has 1 heterocycles. The van der Waals surface area contributed by atoms with Crippen LogP contribution in [0.2, 0.25) is 0 Å². The van der Waals surface area contributed by atoms with Gasteiger partial charge in [-0.05, 0) is 23.8 Å². The Kier molecular flexibility index (Phi) is 5.19. The number of benzene rings is 1. The molecule has 1 unspecified atom stereocenters. The van der Waals surface area contributed by atoms with Crippen molar-refractivity contribution in [3.8, 4) is 5.75 Å². The van der Waals surface area contributed by atoms with Gasteiger partial charge in [-0.25, -0.2) is 4.79 Å². The number of morpholine rings is 1. The van der Waals surface area contributed by atoms with Crippen molar-refractivity contribution >= 4 is 27.8 Å². The number of hydrogen-bond acceptors (Lipinski definition) is 4. The lowest BCUT2D eigenvalue weighted by atomic mass is 10.1. The molecule has 0 spiro atoms. The van der Waals surface area contributed by atoms with Gasteiger partial charge in [0.15, 0.2) is 6.10 Å². The number of aliphatic carboxylic acids is 1. The summed E-state index contributed by atoms with van der Waals surface area (Å²) >= 11 is 3.40. The second-order valence-electron chi connectivity index (χ2n) is 4.67. The standard InChI is InChI=1S/C14H16BrNO5/c1-20-10-2-3-11(15)9(6-10)7-13(17)16-4-5-21-12(8-16)14(18)19/h2-3,6,12H,4-5,7-8H2,1H3,(H,18,19). The number of ether oxygens (including phenoxy) is 2. The molecule has 1 atom stereocenters. The van der Waals surface area contributed by atoms with Gasteiger partial charge < -0.3 is 19.5 Å². The van der Waals surface area contributed by atoms with E-state index in [1.54, 1.807) is 19.2 Å². The highest BCUT2D eigenvalue weighted by Crippen LogP contribution is 2.23. The highest BCUT2D eigenvalue weighted by atomic mass is 79.9. The van der Waals surface area contributed by atoms with Crippen LogP contribution in [0.15, 0.2) is 22.7 Å². The van der Waals surface area contributed by atoms with E-state index in [0.29, 0.717) is 12.3 Å². The average Bonchev–Trinajstić information content (AvgIpc) is 2.49. The van der Waals surface area contributed by atoms with E-state index in [9.17, 15) is 9.59 Å². The first-order valence-corrected chi connectivity index (χ1v) is 7.25. The summed E-state index contributed by atoms with van der Waals surface area (Å²) in [5, 5.41) is 8.95. The van der Waals surface area contributed by atoms with E-state index in [1.165, 1.54) is 4.90 Å². The van der Waals surface area contributed by atoms with Crippen LogP contribution in [-0.4, -0.2) is 54.8 Å². The molecule has 7 heteroatoms. The lowest BCUT2D eigenvalue weighted by molar-refractivity contribution is -0.159. The molecule has 6 nitrogen and oxygen atoms in total. The predicted octanol–water partition coefficient (Wildman–Crippen LogP) is 1.31. The summed E-state index contributed by atoms with van der Waals surface area (Å²) in [7, 11) is 1.56. The van der Waals surface area contributed by atoms with Gasteiger partial charge in [0.05, 0.1) is 26.7 Å². The molecule has 1 saturated heterocycles. The third-order valence-corrected chi connectivity index (χ3v) is 4.06. The number of hydrogen-bond donors (Lipinski definition) is 1. The Labute approximate surface area is 130 Å². The van der Waals surface area contributed by atoms with Crippen LogP contribution >= 0.6 is 15.9 Å². The zero-order chi connectivity index (χ0) is 15.4. The van der Waals surface area contributed by atoms with Gasteiger partial charge in [-0.3, -0.25) is 4.79 Å². The van der Waals surface area contributed by atoms with Gasteiger partial charge in [0.25, 0.3) is 0 Å². The van der Waals surface area contributed by atoms with Gasteiger partial charge in [0.1, 0.15) is 5.75 Å². The van der Waals surface area contributed by atoms with Gasteiger partial charge in [-0.2, -0.15) is 0 Å². The molecule has 114 valence electrons. The fourth-order valence-corrected chi connectivity index (χ4v) is 2.50. The van der Waals surface area contributed by atoms with Crippen molar-refractivity contribution in [2.45, 2.75) is 12.5 Å². The highest BCUT2D eigenvalue weighted by Gasteiger charge is 2.29. The average molecular weight is 358 g/mol. The second-order valence-corrected chi connectivity index (χ2v) is 5.53. The van der Waals surface area contributed by atoms with Gasteiger partial charge >= 0.3 is 5.97 Å². The first kappa shape index (κ1) is 15.8. The molecule has 1 aromatic rings. The van der Waals surface area contributed by atoms with Gasteiger partial charge in [0, 0.05) is 11.0 Å². The Balaban J connectivity index is 2.05. The van der Waals surface area contributed by atoms with Crippen LogP contribution in [0.5, 0.6) is 5.75 Å². The van der Waals surface area contributed by atoms with Gasteiger partial charge in [-0.15, -0.1) is 0 Å². The molecule has 0 saturated carbocycles. The minimum absolute atomic E-state index is 0.0791. The lowest BCUT2D eigenvalue weighted by Crippen LogP contribution is -2.49. The molecule has 1 amide bonds. The SMILES string of the molecule is COc1ccc(Br)c(CC(=O)N2CCOC(C(=O)O)C2)c1. The monoisotopic (exact) mass is 357 g/mol. The van der Waals surface area contributed by atoms with Crippen LogP contribution < -0.4 is 4.74 Å². The minimum Gasteiger partial charge on any atom is -0.497 e. The molecular weight excluding hydrogens is 342 g/mol. The Morgan fingerprint density at radius 2 is 2.29 bits per heavy atom. The van der Waals surface area contributed by atoms with E-state index in [4.69, 9.17) is 14.6 Å². The van der Waals surface area contributed by atoms with E-state index < -0.39 is 12.1 Å². The molecule has 1 aromatic carbocycles. The van der Waals surface area contributed by atoms with E-state index >= 15 is 0 Å². The van der Waals surface area contributed by atoms with Crippen molar-refractivity contribution in [3.63, 3.8) is 0 Å². The fraction of sp³-hybridized carbons (Fsp3) is 0.429. The largest absolute Gasteiger partial charge is 0.497 e. The lowest BCUT2D eigenvalue weighted by Gasteiger charge is -2.31. The number of carboxylic acids is 1. The number of carbonyl (C=O) groups is 2. The fourth-order valence-electron chi connectivity index (χ4n) is 2.11. The Hall–Kier alpha value is -1.60. The number of carbonyl (C=O) groups excluding carboxylic acids is 1. The molecular formula is C14H16BrNO5. The minimum atomic E-state index is -1.05. The molecule has 1 aliphatic heterocycles. The zero-order valence-electron chi connectivity index (χ0n) is 11.5. The van der Waals surface area contributed by atoms with Gasteiger partial charge in [-0.1, -0.05) is 15.9 Å². The molecule has 1 fully saturated rings. The van der Waals surface area contributed by atoms with Crippen molar-refractivity contribution in [2.75, 3.05) is 26.8 Å². The summed E-state index contributed by atoms with van der Waals surface area (Å²) in [6, 6.07) is 5.41. The topological polar surface area (TPSA) is 76.1 Å². The second kappa shape index (κ2) is 6.91. The Bertz CT molecular complexity index is 548. The predicted molar refractivity (Wildman–Crippen MR) is 78.4 cm³/mol. The molecule has 1 aliphatic rings. The van der Waals surface area contributed by atoms with Crippen molar-refractivity contribution < 1.29 is 24.2 Å². The maximum atomic E-state index is 12.3. The summed E-state index contributed by atoms with van der Waals surface area (Å²) in [4.78, 5) is 24.8. The molecule has 0 bridgehead atoms. The van der Waals surface area contributed by atoms with Crippen LogP contribution in [-0.2, 0) is 20.7 Å². The van der Waals surface area contributed by atoms with Crippen LogP contribution in [0, 0.1) is 0 Å². The quantitative estimate of drug-likeness (QED) is 0.879. The smallest absolute Gasteiger partial charge is 0.334 e. The first-order valence-electron chi connectivity index (χ1n) is 6.46. The van der Waals surface area contributed by atoms with E-state index in [2.05, 4.69) is 15.9 Å². The summed E-state index contributed by atoms with van der Waals surface area (Å²) < 4.78 is 11.1. The molecule has 21 heavy (non-hydrogen) atoms. The van der Waals surface area contributed by atoms with Crippen molar-refractivity contribution in [3.05, 3.63) is 28.2 Å². The van der Waals surface area contributed by atoms with Crippen molar-refractivity contribution in [2.24, 2.45) is 0 Å². The third kappa shape index (κ3) is 3.95. The van der Waals surface area contributed by atoms with E-state index in [1.807, 2.05) is 6.07 Å². The number of halogens is 1. The number of carboxylic acid groups (broad SMARTS) is 1. The number of methoxy groups -OCH3 is 1. The normalized spacial score (nSPS) is 18.4. The summed E-state index contributed by atoms with van der Waals surface area (Å²) in [5.41, 5.74) is 0.803. The molecule has 1 N–H and O–H groups in total. The number of amides is 1. The number of rotatable bonds is 4. The van der Waals surface area contributed by atoms with Crippen LogP contribution in [0.3, 0.4) is 0 Å². The van der Waals surface area contributed by atoms with E-state index in [0.717, 1.165) is 10.0 Å². The first-order chi connectivity index (χ1) is 10.0. The number of nitrogens with zero attached hydrogens (tertiary/aromatic N) is 1. The van der Waals surface area contributed by atoms with Crippen molar-refractivity contribution in [1.29, 1.82) is 0 Å². The maximum absolute atomic E-state index is 12.3. The Morgan fingerprint density at radius 3 is 2.95 bits per heavy atom. The molecule has 0 aliphatic carbocycles. The van der Waals surface area contributed by atoms with Crippen LogP contribution in [0.1, 0.15) is 5.56 Å². The third-order valence-electron chi connectivity index (χ3n) is 3.29.